The fraction of sp³-hybridized carbons (Fsp3) is 0.529. The Hall–Kier alpha value is -2.12. The molecular formula is C17H22N4O3. The number of pyridine rings is 1. The van der Waals surface area contributed by atoms with Crippen LogP contribution in [0.15, 0.2) is 24.5 Å². The number of fused-ring (bicyclic) bond motifs is 1. The molecule has 2 aliphatic heterocycles. The smallest absolute Gasteiger partial charge is 0.258 e. The number of nitrogens with two attached hydrogens (primary N) is 1. The highest BCUT2D eigenvalue weighted by atomic mass is 16.5. The van der Waals surface area contributed by atoms with Gasteiger partial charge in [-0.05, 0) is 30.9 Å². The second-order valence-electron chi connectivity index (χ2n) is 6.54. The van der Waals surface area contributed by atoms with E-state index in [4.69, 9.17) is 15.2 Å². The van der Waals surface area contributed by atoms with E-state index in [2.05, 4.69) is 5.10 Å². The molecule has 4 rings (SSSR count). The Balaban J connectivity index is 1.59. The van der Waals surface area contributed by atoms with Crippen LogP contribution in [0, 0.1) is 5.92 Å². The lowest BCUT2D eigenvalue weighted by molar-refractivity contribution is -0.00902. The van der Waals surface area contributed by atoms with Gasteiger partial charge in [0.25, 0.3) is 5.91 Å². The Labute approximate surface area is 140 Å². The Morgan fingerprint density at radius 1 is 1.33 bits per heavy atom. The normalized spacial score (nSPS) is 24.6. The maximum absolute atomic E-state index is 13.1. The summed E-state index contributed by atoms with van der Waals surface area (Å²) in [5.74, 6) is 0.509. The van der Waals surface area contributed by atoms with E-state index in [1.165, 1.54) is 0 Å². The first-order chi connectivity index (χ1) is 11.7. The molecule has 4 heterocycles. The van der Waals surface area contributed by atoms with Gasteiger partial charge in [0, 0.05) is 31.6 Å². The SMILES string of the molecule is Nc1ccn2ncc(C(=O)N3CCOCC3CC3CCOC3)c2c1. The van der Waals surface area contributed by atoms with Crippen LogP contribution in [0.4, 0.5) is 5.69 Å². The van der Waals surface area contributed by atoms with E-state index in [-0.39, 0.29) is 11.9 Å². The van der Waals surface area contributed by atoms with E-state index in [0.717, 1.165) is 31.6 Å². The van der Waals surface area contributed by atoms with E-state index in [0.29, 0.717) is 36.9 Å². The molecule has 0 aromatic carbocycles. The number of nitrogen functional groups attached to an aromatic ring is 1. The molecule has 2 aromatic heterocycles. The van der Waals surface area contributed by atoms with Crippen molar-refractivity contribution in [3.05, 3.63) is 30.1 Å². The minimum atomic E-state index is 0.00261. The lowest BCUT2D eigenvalue weighted by atomic mass is 9.97. The number of aromatic nitrogens is 2. The van der Waals surface area contributed by atoms with Crippen LogP contribution in [0.2, 0.25) is 0 Å². The van der Waals surface area contributed by atoms with Crippen LogP contribution in [-0.4, -0.2) is 59.4 Å². The van der Waals surface area contributed by atoms with E-state index in [1.807, 2.05) is 4.90 Å². The van der Waals surface area contributed by atoms with Crippen molar-refractivity contribution < 1.29 is 14.3 Å². The topological polar surface area (TPSA) is 82.1 Å². The molecule has 2 saturated heterocycles. The van der Waals surface area contributed by atoms with E-state index >= 15 is 0 Å². The van der Waals surface area contributed by atoms with Crippen molar-refractivity contribution in [1.82, 2.24) is 14.5 Å². The molecule has 0 aliphatic carbocycles. The zero-order chi connectivity index (χ0) is 16.5. The minimum Gasteiger partial charge on any atom is -0.399 e. The molecule has 0 bridgehead atoms. The van der Waals surface area contributed by atoms with Crippen LogP contribution in [0.25, 0.3) is 5.52 Å². The van der Waals surface area contributed by atoms with Crippen LogP contribution < -0.4 is 5.73 Å². The molecule has 2 fully saturated rings. The second kappa shape index (κ2) is 6.41. The number of nitrogens with zero attached hydrogens (tertiary/aromatic N) is 3. The molecule has 2 aromatic rings. The Morgan fingerprint density at radius 3 is 3.04 bits per heavy atom. The molecule has 2 aliphatic rings. The van der Waals surface area contributed by atoms with Gasteiger partial charge < -0.3 is 20.1 Å². The third-order valence-electron chi connectivity index (χ3n) is 4.89. The third-order valence-corrected chi connectivity index (χ3v) is 4.89. The fourth-order valence-corrected chi connectivity index (χ4v) is 3.59. The highest BCUT2D eigenvalue weighted by Crippen LogP contribution is 2.25. The van der Waals surface area contributed by atoms with Gasteiger partial charge in [-0.3, -0.25) is 4.79 Å². The van der Waals surface area contributed by atoms with Crippen molar-refractivity contribution in [2.24, 2.45) is 5.92 Å². The summed E-state index contributed by atoms with van der Waals surface area (Å²) in [6.45, 7) is 3.37. The molecule has 7 heteroatoms. The van der Waals surface area contributed by atoms with Gasteiger partial charge in [0.2, 0.25) is 0 Å². The molecule has 0 spiro atoms. The van der Waals surface area contributed by atoms with Gasteiger partial charge in [0.1, 0.15) is 0 Å². The predicted octanol–water partition coefficient (Wildman–Crippen LogP) is 1.18. The number of hydrogen-bond donors (Lipinski definition) is 1. The number of ether oxygens (including phenoxy) is 2. The number of morpholine rings is 1. The largest absolute Gasteiger partial charge is 0.399 e. The van der Waals surface area contributed by atoms with Gasteiger partial charge in [0.05, 0.1) is 36.5 Å². The summed E-state index contributed by atoms with van der Waals surface area (Å²) in [4.78, 5) is 15.0. The molecule has 2 unspecified atom stereocenters. The summed E-state index contributed by atoms with van der Waals surface area (Å²) in [5.41, 5.74) is 7.83. The Morgan fingerprint density at radius 2 is 2.21 bits per heavy atom. The van der Waals surface area contributed by atoms with Crippen LogP contribution in [0.1, 0.15) is 23.2 Å². The molecule has 2 atom stereocenters. The number of carbonyl (C=O) groups is 1. The van der Waals surface area contributed by atoms with Gasteiger partial charge >= 0.3 is 0 Å². The lowest BCUT2D eigenvalue weighted by Gasteiger charge is -2.36. The zero-order valence-corrected chi connectivity index (χ0v) is 13.6. The summed E-state index contributed by atoms with van der Waals surface area (Å²) in [7, 11) is 0. The zero-order valence-electron chi connectivity index (χ0n) is 13.6. The highest BCUT2D eigenvalue weighted by molar-refractivity contribution is 6.01. The summed E-state index contributed by atoms with van der Waals surface area (Å²) in [5, 5.41) is 4.27. The number of hydrogen-bond acceptors (Lipinski definition) is 5. The average molecular weight is 330 g/mol. The molecular weight excluding hydrogens is 308 g/mol. The second-order valence-corrected chi connectivity index (χ2v) is 6.54. The number of amides is 1. The lowest BCUT2D eigenvalue weighted by Crippen LogP contribution is -2.49. The van der Waals surface area contributed by atoms with Crippen molar-refractivity contribution in [2.45, 2.75) is 18.9 Å². The molecule has 24 heavy (non-hydrogen) atoms. The highest BCUT2D eigenvalue weighted by Gasteiger charge is 2.32. The van der Waals surface area contributed by atoms with Crippen LogP contribution in [0.5, 0.6) is 0 Å². The van der Waals surface area contributed by atoms with Gasteiger partial charge in [-0.1, -0.05) is 0 Å². The van der Waals surface area contributed by atoms with Crippen LogP contribution >= 0.6 is 0 Å². The quantitative estimate of drug-likeness (QED) is 0.914. The first kappa shape index (κ1) is 15.4. The molecule has 1 amide bonds. The molecule has 0 radical (unpaired) electrons. The summed E-state index contributed by atoms with van der Waals surface area (Å²) in [6.07, 6.45) is 5.38. The van der Waals surface area contributed by atoms with E-state index < -0.39 is 0 Å². The number of rotatable bonds is 3. The van der Waals surface area contributed by atoms with Crippen LogP contribution in [0.3, 0.4) is 0 Å². The maximum atomic E-state index is 13.1. The summed E-state index contributed by atoms with van der Waals surface area (Å²) < 4.78 is 12.8. The standard InChI is InChI=1S/C17H22N4O3/c18-13-1-3-21-16(8-13)15(9-19-21)17(22)20-4-6-24-11-14(20)7-12-2-5-23-10-12/h1,3,8-9,12,14H,2,4-7,10-11,18H2. The molecule has 2 N–H and O–H groups in total. The number of anilines is 1. The first-order valence-corrected chi connectivity index (χ1v) is 8.41. The molecule has 128 valence electrons. The minimum absolute atomic E-state index is 0.00261. The van der Waals surface area contributed by atoms with Gasteiger partial charge in [-0.15, -0.1) is 0 Å². The fourth-order valence-electron chi connectivity index (χ4n) is 3.59. The summed E-state index contributed by atoms with van der Waals surface area (Å²) in [6, 6.07) is 3.65. The molecule has 0 saturated carbocycles. The third kappa shape index (κ3) is 2.85. The summed E-state index contributed by atoms with van der Waals surface area (Å²) >= 11 is 0. The molecule has 7 nitrogen and oxygen atoms in total. The van der Waals surface area contributed by atoms with E-state index in [1.54, 1.807) is 29.0 Å². The predicted molar refractivity (Wildman–Crippen MR) is 88.8 cm³/mol. The average Bonchev–Trinajstić information content (AvgIpc) is 3.24. The van der Waals surface area contributed by atoms with Gasteiger partial charge in [0.15, 0.2) is 0 Å². The van der Waals surface area contributed by atoms with Crippen molar-refractivity contribution in [1.29, 1.82) is 0 Å². The van der Waals surface area contributed by atoms with Crippen LogP contribution in [-0.2, 0) is 9.47 Å². The number of carbonyl (C=O) groups excluding carboxylic acids is 1. The Kier molecular flexibility index (Phi) is 4.12. The maximum Gasteiger partial charge on any atom is 0.258 e. The monoisotopic (exact) mass is 330 g/mol. The van der Waals surface area contributed by atoms with Crippen molar-refractivity contribution >= 4 is 17.1 Å². The Bertz CT molecular complexity index is 739. The van der Waals surface area contributed by atoms with E-state index in [9.17, 15) is 4.79 Å². The van der Waals surface area contributed by atoms with Crippen molar-refractivity contribution in [2.75, 3.05) is 38.7 Å². The van der Waals surface area contributed by atoms with Gasteiger partial charge in [-0.25, -0.2) is 4.52 Å². The van der Waals surface area contributed by atoms with Gasteiger partial charge in [-0.2, -0.15) is 5.10 Å². The van der Waals surface area contributed by atoms with Crippen molar-refractivity contribution in [3.63, 3.8) is 0 Å². The van der Waals surface area contributed by atoms with Crippen molar-refractivity contribution in [3.8, 4) is 0 Å². The first-order valence-electron chi connectivity index (χ1n) is 8.41.